The summed E-state index contributed by atoms with van der Waals surface area (Å²) >= 11 is 6.06. The second kappa shape index (κ2) is 8.54. The number of nitrogens with zero attached hydrogens (tertiary/aromatic N) is 1. The van der Waals surface area contributed by atoms with E-state index in [1.807, 2.05) is 54.6 Å². The second-order valence-electron chi connectivity index (χ2n) is 5.90. The van der Waals surface area contributed by atoms with Gasteiger partial charge in [0.2, 0.25) is 0 Å². The Balaban J connectivity index is 1.85. The highest BCUT2D eigenvalue weighted by Gasteiger charge is 2.18. The molecule has 3 rings (SSSR count). The average molecular weight is 366 g/mol. The minimum absolute atomic E-state index is 0.0680. The van der Waals surface area contributed by atoms with E-state index in [9.17, 15) is 4.79 Å². The molecule has 0 atom stereocenters. The Morgan fingerprint density at radius 2 is 1.73 bits per heavy atom. The number of rotatable bonds is 6. The maximum Gasteiger partial charge on any atom is 0.258 e. The van der Waals surface area contributed by atoms with Crippen LogP contribution in [-0.2, 0) is 6.42 Å². The fraction of sp³-hybridized carbons (Fsp3) is 0.136. The van der Waals surface area contributed by atoms with Crippen LogP contribution in [0.3, 0.4) is 0 Å². The number of halogens is 1. The molecule has 0 spiro atoms. The molecule has 4 heteroatoms. The van der Waals surface area contributed by atoms with E-state index in [0.29, 0.717) is 17.1 Å². The molecule has 3 aromatic rings. The highest BCUT2D eigenvalue weighted by molar-refractivity contribution is 6.31. The minimum Gasteiger partial charge on any atom is -0.497 e. The van der Waals surface area contributed by atoms with Crippen LogP contribution in [0.25, 0.3) is 0 Å². The lowest BCUT2D eigenvalue weighted by atomic mass is 10.1. The van der Waals surface area contributed by atoms with Crippen molar-refractivity contribution in [3.63, 3.8) is 0 Å². The molecule has 0 saturated carbocycles. The van der Waals surface area contributed by atoms with E-state index in [1.165, 1.54) is 0 Å². The van der Waals surface area contributed by atoms with E-state index in [2.05, 4.69) is 0 Å². The Kier molecular flexibility index (Phi) is 5.92. The lowest BCUT2D eigenvalue weighted by Crippen LogP contribution is -2.32. The molecule has 26 heavy (non-hydrogen) atoms. The zero-order chi connectivity index (χ0) is 18.4. The number of amides is 1. The molecule has 3 aromatic carbocycles. The van der Waals surface area contributed by atoms with Gasteiger partial charge in [0.15, 0.2) is 0 Å². The molecule has 132 valence electrons. The van der Waals surface area contributed by atoms with Gasteiger partial charge in [-0.25, -0.2) is 0 Å². The molecule has 0 radical (unpaired) electrons. The van der Waals surface area contributed by atoms with Crippen LogP contribution in [0.1, 0.15) is 15.9 Å². The number of carbonyl (C=O) groups excluding carboxylic acids is 1. The van der Waals surface area contributed by atoms with E-state index in [-0.39, 0.29) is 5.91 Å². The summed E-state index contributed by atoms with van der Waals surface area (Å²) in [7, 11) is 1.65. The van der Waals surface area contributed by atoms with Crippen molar-refractivity contribution in [3.05, 3.63) is 95.0 Å². The Hall–Kier alpha value is -2.78. The fourth-order valence-electron chi connectivity index (χ4n) is 2.80. The molecular weight excluding hydrogens is 346 g/mol. The summed E-state index contributed by atoms with van der Waals surface area (Å²) < 4.78 is 5.28. The molecule has 0 aliphatic heterocycles. The molecule has 0 aliphatic carbocycles. The molecule has 0 bridgehead atoms. The Bertz CT molecular complexity index is 880. The lowest BCUT2D eigenvalue weighted by Gasteiger charge is -2.23. The number of hydrogen-bond donors (Lipinski definition) is 0. The van der Waals surface area contributed by atoms with Crippen molar-refractivity contribution in [2.45, 2.75) is 6.42 Å². The zero-order valence-corrected chi connectivity index (χ0v) is 15.3. The minimum atomic E-state index is -0.0680. The van der Waals surface area contributed by atoms with Gasteiger partial charge in [-0.1, -0.05) is 48.0 Å². The van der Waals surface area contributed by atoms with E-state index >= 15 is 0 Å². The van der Waals surface area contributed by atoms with Gasteiger partial charge >= 0.3 is 0 Å². The van der Waals surface area contributed by atoms with Crippen molar-refractivity contribution in [1.82, 2.24) is 0 Å². The summed E-state index contributed by atoms with van der Waals surface area (Å²) in [5, 5.41) is 0.552. The van der Waals surface area contributed by atoms with E-state index in [0.717, 1.165) is 23.4 Å². The van der Waals surface area contributed by atoms with Crippen LogP contribution >= 0.6 is 11.6 Å². The monoisotopic (exact) mass is 365 g/mol. The van der Waals surface area contributed by atoms with Crippen molar-refractivity contribution in [2.75, 3.05) is 18.6 Å². The first-order chi connectivity index (χ1) is 12.7. The normalized spacial score (nSPS) is 10.4. The molecule has 0 aromatic heterocycles. The van der Waals surface area contributed by atoms with Gasteiger partial charge in [-0.3, -0.25) is 4.79 Å². The lowest BCUT2D eigenvalue weighted by molar-refractivity contribution is 0.0987. The van der Waals surface area contributed by atoms with Crippen LogP contribution in [-0.4, -0.2) is 19.6 Å². The molecule has 1 amide bonds. The van der Waals surface area contributed by atoms with Gasteiger partial charge in [-0.15, -0.1) is 0 Å². The number of ether oxygens (including phenoxy) is 1. The Morgan fingerprint density at radius 1 is 0.962 bits per heavy atom. The van der Waals surface area contributed by atoms with Gasteiger partial charge < -0.3 is 9.64 Å². The summed E-state index contributed by atoms with van der Waals surface area (Å²) in [6.07, 6.45) is 0.721. The van der Waals surface area contributed by atoms with E-state index in [4.69, 9.17) is 16.3 Å². The number of methoxy groups -OCH3 is 1. The molecule has 0 unspecified atom stereocenters. The predicted molar refractivity (Wildman–Crippen MR) is 106 cm³/mol. The molecule has 0 aliphatic rings. The third-order valence-corrected chi connectivity index (χ3v) is 4.38. The van der Waals surface area contributed by atoms with E-state index in [1.54, 1.807) is 36.3 Å². The average Bonchev–Trinajstić information content (AvgIpc) is 2.69. The standard InChI is InChI=1S/C22H20ClNO2/c1-26-21-12-5-7-17(15-21)13-14-24(20-10-3-2-4-11-20)22(25)18-8-6-9-19(23)16-18/h2-12,15-16H,13-14H2,1H3. The maximum absolute atomic E-state index is 13.1. The van der Waals surface area contributed by atoms with Gasteiger partial charge in [-0.05, 0) is 54.4 Å². The van der Waals surface area contributed by atoms with Gasteiger partial charge in [-0.2, -0.15) is 0 Å². The number of para-hydroxylation sites is 1. The van der Waals surface area contributed by atoms with Crippen molar-refractivity contribution in [3.8, 4) is 5.75 Å². The van der Waals surface area contributed by atoms with Crippen molar-refractivity contribution >= 4 is 23.2 Å². The van der Waals surface area contributed by atoms with Crippen LogP contribution < -0.4 is 9.64 Å². The number of benzene rings is 3. The third-order valence-electron chi connectivity index (χ3n) is 4.14. The first-order valence-electron chi connectivity index (χ1n) is 8.43. The molecule has 0 heterocycles. The van der Waals surface area contributed by atoms with Crippen molar-refractivity contribution in [1.29, 1.82) is 0 Å². The van der Waals surface area contributed by atoms with Gasteiger partial charge in [0, 0.05) is 22.8 Å². The fourth-order valence-corrected chi connectivity index (χ4v) is 2.99. The first kappa shape index (κ1) is 18.0. The number of anilines is 1. The molecule has 0 fully saturated rings. The van der Waals surface area contributed by atoms with Crippen LogP contribution in [0.4, 0.5) is 5.69 Å². The van der Waals surface area contributed by atoms with Crippen LogP contribution in [0.2, 0.25) is 5.02 Å². The summed E-state index contributed by atoms with van der Waals surface area (Å²) in [5.41, 5.74) is 2.55. The molecule has 0 N–H and O–H groups in total. The van der Waals surface area contributed by atoms with Crippen LogP contribution in [0.5, 0.6) is 5.75 Å². The molecule has 3 nitrogen and oxygen atoms in total. The highest BCUT2D eigenvalue weighted by atomic mass is 35.5. The Labute approximate surface area is 158 Å². The highest BCUT2D eigenvalue weighted by Crippen LogP contribution is 2.20. The topological polar surface area (TPSA) is 29.5 Å². The summed E-state index contributed by atoms with van der Waals surface area (Å²) in [5.74, 6) is 0.747. The number of hydrogen-bond acceptors (Lipinski definition) is 2. The molecule has 0 saturated heterocycles. The summed E-state index contributed by atoms with van der Waals surface area (Å²) in [6.45, 7) is 0.558. The summed E-state index contributed by atoms with van der Waals surface area (Å²) in [4.78, 5) is 14.9. The maximum atomic E-state index is 13.1. The largest absolute Gasteiger partial charge is 0.497 e. The smallest absolute Gasteiger partial charge is 0.258 e. The van der Waals surface area contributed by atoms with Gasteiger partial charge in [0.1, 0.15) is 5.75 Å². The Morgan fingerprint density at radius 3 is 2.46 bits per heavy atom. The second-order valence-corrected chi connectivity index (χ2v) is 6.34. The quantitative estimate of drug-likeness (QED) is 0.598. The SMILES string of the molecule is COc1cccc(CCN(C(=O)c2cccc(Cl)c2)c2ccccc2)c1. The van der Waals surface area contributed by atoms with Gasteiger partial charge in [0.05, 0.1) is 7.11 Å². The zero-order valence-electron chi connectivity index (χ0n) is 14.6. The van der Waals surface area contributed by atoms with E-state index < -0.39 is 0 Å². The first-order valence-corrected chi connectivity index (χ1v) is 8.80. The van der Waals surface area contributed by atoms with Crippen molar-refractivity contribution < 1.29 is 9.53 Å². The predicted octanol–water partition coefficient (Wildman–Crippen LogP) is 5.24. The number of carbonyl (C=O) groups is 1. The molecular formula is C22H20ClNO2. The van der Waals surface area contributed by atoms with Gasteiger partial charge in [0.25, 0.3) is 5.91 Å². The van der Waals surface area contributed by atoms with Crippen molar-refractivity contribution in [2.24, 2.45) is 0 Å². The van der Waals surface area contributed by atoms with Crippen LogP contribution in [0, 0.1) is 0 Å². The third kappa shape index (κ3) is 4.44. The summed E-state index contributed by atoms with van der Waals surface area (Å²) in [6, 6.07) is 24.6. The van der Waals surface area contributed by atoms with Crippen LogP contribution in [0.15, 0.2) is 78.9 Å².